The lowest BCUT2D eigenvalue weighted by Crippen LogP contribution is -2.27. The molecular weight excluding hydrogens is 361 g/mol. The van der Waals surface area contributed by atoms with E-state index in [0.717, 1.165) is 0 Å². The van der Waals surface area contributed by atoms with Crippen LogP contribution in [0, 0.1) is 5.82 Å². The number of carbonyl (C=O) groups is 2. The van der Waals surface area contributed by atoms with E-state index in [1.54, 1.807) is 24.3 Å². The Morgan fingerprint density at radius 1 is 1.07 bits per heavy atom. The van der Waals surface area contributed by atoms with Crippen LogP contribution >= 0.6 is 0 Å². The summed E-state index contributed by atoms with van der Waals surface area (Å²) in [7, 11) is 3.66. The molecule has 0 atom stereocenters. The van der Waals surface area contributed by atoms with E-state index < -0.39 is 11.7 Å². The molecular formula is C21H26FN3O3. The van der Waals surface area contributed by atoms with Crippen LogP contribution in [0.25, 0.3) is 0 Å². The third kappa shape index (κ3) is 5.79. The van der Waals surface area contributed by atoms with Gasteiger partial charge in [-0.05, 0) is 43.7 Å². The Morgan fingerprint density at radius 2 is 1.82 bits per heavy atom. The largest absolute Gasteiger partial charge is 0.382 e. The number of nitrogens with one attached hydrogen (secondary N) is 2. The van der Waals surface area contributed by atoms with Gasteiger partial charge in [0.05, 0.1) is 11.1 Å². The summed E-state index contributed by atoms with van der Waals surface area (Å²) in [6.45, 7) is 3.62. The Kier molecular flexibility index (Phi) is 7.95. The summed E-state index contributed by atoms with van der Waals surface area (Å²) in [4.78, 5) is 26.8. The van der Waals surface area contributed by atoms with Crippen molar-refractivity contribution in [2.45, 2.75) is 13.3 Å². The molecule has 0 aliphatic carbocycles. The molecule has 2 aromatic carbocycles. The molecule has 0 heterocycles. The van der Waals surface area contributed by atoms with Crippen molar-refractivity contribution < 1.29 is 18.7 Å². The second-order valence-corrected chi connectivity index (χ2v) is 6.37. The molecule has 28 heavy (non-hydrogen) atoms. The molecule has 2 rings (SSSR count). The van der Waals surface area contributed by atoms with Crippen LogP contribution in [0.1, 0.15) is 34.1 Å². The van der Waals surface area contributed by atoms with E-state index in [4.69, 9.17) is 4.74 Å². The van der Waals surface area contributed by atoms with E-state index in [-0.39, 0.29) is 11.5 Å². The molecule has 0 aromatic heterocycles. The van der Waals surface area contributed by atoms with Crippen molar-refractivity contribution in [1.82, 2.24) is 5.32 Å². The fourth-order valence-corrected chi connectivity index (χ4v) is 2.65. The van der Waals surface area contributed by atoms with Gasteiger partial charge in [0.2, 0.25) is 0 Å². The van der Waals surface area contributed by atoms with Crippen molar-refractivity contribution in [3.05, 3.63) is 59.4 Å². The number of hydrogen-bond acceptors (Lipinski definition) is 4. The Bertz CT molecular complexity index is 824. The number of rotatable bonds is 9. The van der Waals surface area contributed by atoms with Crippen LogP contribution in [-0.4, -0.2) is 45.7 Å². The molecule has 0 fully saturated rings. The lowest BCUT2D eigenvalue weighted by atomic mass is 10.1. The summed E-state index contributed by atoms with van der Waals surface area (Å²) in [6.07, 6.45) is 0.709. The molecule has 7 heteroatoms. The smallest absolute Gasteiger partial charge is 0.258 e. The fourth-order valence-electron chi connectivity index (χ4n) is 2.65. The van der Waals surface area contributed by atoms with Crippen LogP contribution in [-0.2, 0) is 4.74 Å². The zero-order chi connectivity index (χ0) is 20.5. The van der Waals surface area contributed by atoms with Gasteiger partial charge < -0.3 is 20.3 Å². The molecule has 6 nitrogen and oxygen atoms in total. The maximum atomic E-state index is 13.8. The molecule has 0 unspecified atom stereocenters. The number of halogens is 1. The minimum atomic E-state index is -0.600. The molecule has 0 bridgehead atoms. The first-order valence-corrected chi connectivity index (χ1v) is 9.17. The Morgan fingerprint density at radius 3 is 2.50 bits per heavy atom. The third-order valence-electron chi connectivity index (χ3n) is 4.05. The molecule has 0 aliphatic heterocycles. The second kappa shape index (κ2) is 10.4. The van der Waals surface area contributed by atoms with Gasteiger partial charge in [-0.2, -0.15) is 0 Å². The fraction of sp³-hybridized carbons (Fsp3) is 0.333. The zero-order valence-electron chi connectivity index (χ0n) is 16.4. The van der Waals surface area contributed by atoms with Crippen molar-refractivity contribution in [3.8, 4) is 0 Å². The average Bonchev–Trinajstić information content (AvgIpc) is 2.67. The van der Waals surface area contributed by atoms with Gasteiger partial charge >= 0.3 is 0 Å². The van der Waals surface area contributed by atoms with Crippen LogP contribution in [0.2, 0.25) is 0 Å². The van der Waals surface area contributed by atoms with Crippen LogP contribution < -0.4 is 15.5 Å². The molecule has 2 N–H and O–H groups in total. The number of amides is 2. The molecule has 0 saturated carbocycles. The van der Waals surface area contributed by atoms with Crippen LogP contribution in [0.4, 0.5) is 15.8 Å². The van der Waals surface area contributed by atoms with Crippen molar-refractivity contribution in [1.29, 1.82) is 0 Å². The average molecular weight is 387 g/mol. The molecule has 150 valence electrons. The maximum Gasteiger partial charge on any atom is 0.258 e. The highest BCUT2D eigenvalue weighted by Gasteiger charge is 2.16. The van der Waals surface area contributed by atoms with Gasteiger partial charge in [0.15, 0.2) is 0 Å². The van der Waals surface area contributed by atoms with Gasteiger partial charge in [-0.3, -0.25) is 9.59 Å². The summed E-state index contributed by atoms with van der Waals surface area (Å²) >= 11 is 0. The van der Waals surface area contributed by atoms with Crippen molar-refractivity contribution in [2.24, 2.45) is 0 Å². The number of hydrogen-bond donors (Lipinski definition) is 2. The van der Waals surface area contributed by atoms with Crippen LogP contribution in [0.15, 0.2) is 42.5 Å². The van der Waals surface area contributed by atoms with E-state index in [9.17, 15) is 14.0 Å². The maximum absolute atomic E-state index is 13.8. The minimum Gasteiger partial charge on any atom is -0.382 e. The zero-order valence-corrected chi connectivity index (χ0v) is 16.4. The highest BCUT2D eigenvalue weighted by Crippen LogP contribution is 2.23. The quantitative estimate of drug-likeness (QED) is 0.648. The van der Waals surface area contributed by atoms with Crippen LogP contribution in [0.5, 0.6) is 0 Å². The second-order valence-electron chi connectivity index (χ2n) is 6.37. The lowest BCUT2D eigenvalue weighted by molar-refractivity contribution is 0.0943. The first-order valence-electron chi connectivity index (χ1n) is 9.17. The molecule has 0 spiro atoms. The third-order valence-corrected chi connectivity index (χ3v) is 4.05. The summed E-state index contributed by atoms with van der Waals surface area (Å²) in [5, 5.41) is 5.50. The standard InChI is InChI=1S/C21H26FN3O3/c1-4-28-13-7-12-23-20(26)17-14-15(10-11-19(17)25(2)3)24-21(27)16-8-5-6-9-18(16)22/h5-6,8-11,14H,4,7,12-13H2,1-3H3,(H,23,26)(H,24,27). The number of carbonyl (C=O) groups excluding carboxylic acids is 2. The van der Waals surface area contributed by atoms with Gasteiger partial charge in [0.1, 0.15) is 5.82 Å². The monoisotopic (exact) mass is 387 g/mol. The molecule has 0 saturated heterocycles. The summed E-state index contributed by atoms with van der Waals surface area (Å²) < 4.78 is 19.1. The number of anilines is 2. The number of ether oxygens (including phenoxy) is 1. The number of nitrogens with zero attached hydrogens (tertiary/aromatic N) is 1. The predicted molar refractivity (Wildman–Crippen MR) is 109 cm³/mol. The van der Waals surface area contributed by atoms with E-state index in [0.29, 0.717) is 43.1 Å². The molecule has 0 radical (unpaired) electrons. The van der Waals surface area contributed by atoms with E-state index >= 15 is 0 Å². The van der Waals surface area contributed by atoms with Gasteiger partial charge in [0, 0.05) is 45.2 Å². The van der Waals surface area contributed by atoms with Gasteiger partial charge in [0.25, 0.3) is 11.8 Å². The van der Waals surface area contributed by atoms with Crippen LogP contribution in [0.3, 0.4) is 0 Å². The van der Waals surface area contributed by atoms with Gasteiger partial charge in [-0.15, -0.1) is 0 Å². The molecule has 2 amide bonds. The highest BCUT2D eigenvalue weighted by molar-refractivity contribution is 6.06. The highest BCUT2D eigenvalue weighted by atomic mass is 19.1. The lowest BCUT2D eigenvalue weighted by Gasteiger charge is -2.18. The SMILES string of the molecule is CCOCCCNC(=O)c1cc(NC(=O)c2ccccc2F)ccc1N(C)C. The van der Waals surface area contributed by atoms with Gasteiger partial charge in [-0.25, -0.2) is 4.39 Å². The summed E-state index contributed by atoms with van der Waals surface area (Å²) in [5.41, 5.74) is 1.50. The van der Waals surface area contributed by atoms with Crippen molar-refractivity contribution in [2.75, 3.05) is 44.1 Å². The predicted octanol–water partition coefficient (Wildman–Crippen LogP) is 3.30. The van der Waals surface area contributed by atoms with Crippen molar-refractivity contribution in [3.63, 3.8) is 0 Å². The Balaban J connectivity index is 2.14. The summed E-state index contributed by atoms with van der Waals surface area (Å²) in [5.74, 6) is -1.42. The first kappa shape index (κ1) is 21.4. The Labute approximate surface area is 164 Å². The van der Waals surface area contributed by atoms with E-state index in [2.05, 4.69) is 10.6 Å². The summed E-state index contributed by atoms with van der Waals surface area (Å²) in [6, 6.07) is 10.8. The Hall–Kier alpha value is -2.93. The number of benzene rings is 2. The molecule has 0 aliphatic rings. The molecule has 2 aromatic rings. The topological polar surface area (TPSA) is 70.7 Å². The van der Waals surface area contributed by atoms with E-state index in [1.165, 1.54) is 18.2 Å². The minimum absolute atomic E-state index is 0.0545. The van der Waals surface area contributed by atoms with Gasteiger partial charge in [-0.1, -0.05) is 12.1 Å². The normalized spacial score (nSPS) is 10.4. The van der Waals surface area contributed by atoms with E-state index in [1.807, 2.05) is 25.9 Å². The van der Waals surface area contributed by atoms with Crippen molar-refractivity contribution >= 4 is 23.2 Å². The first-order chi connectivity index (χ1) is 13.4.